The monoisotopic (exact) mass is 326 g/mol. The van der Waals surface area contributed by atoms with Crippen molar-refractivity contribution in [3.05, 3.63) is 65.5 Å². The number of hydrogen-bond acceptors (Lipinski definition) is 2. The van der Waals surface area contributed by atoms with Crippen LogP contribution in [-0.4, -0.2) is 17.9 Å². The van der Waals surface area contributed by atoms with Crippen molar-refractivity contribution in [2.45, 2.75) is 32.4 Å². The second kappa shape index (κ2) is 6.83. The van der Waals surface area contributed by atoms with Gasteiger partial charge in [0.2, 0.25) is 11.8 Å². The number of rotatable bonds is 4. The molecule has 2 aromatic rings. The molecule has 124 valence electrons. The van der Waals surface area contributed by atoms with Crippen LogP contribution in [0.5, 0.6) is 0 Å². The number of anilines is 1. The average Bonchev–Trinajstić information content (AvgIpc) is 3.00. The minimum absolute atomic E-state index is 0.0677. The Kier molecular flexibility index (Phi) is 4.60. The molecular formula is C19H19FN2O2. The van der Waals surface area contributed by atoms with Gasteiger partial charge in [-0.2, -0.15) is 0 Å². The summed E-state index contributed by atoms with van der Waals surface area (Å²) < 4.78 is 12.9. The molecule has 0 aliphatic carbocycles. The Morgan fingerprint density at radius 2 is 1.88 bits per heavy atom. The summed E-state index contributed by atoms with van der Waals surface area (Å²) >= 11 is 0. The first-order valence-corrected chi connectivity index (χ1v) is 8.02. The maximum absolute atomic E-state index is 12.9. The number of nitrogens with zero attached hydrogens (tertiary/aromatic N) is 1. The fourth-order valence-corrected chi connectivity index (χ4v) is 2.98. The van der Waals surface area contributed by atoms with E-state index in [9.17, 15) is 14.0 Å². The zero-order valence-electron chi connectivity index (χ0n) is 13.5. The second-order valence-electron chi connectivity index (χ2n) is 5.81. The number of amides is 2. The smallest absolute Gasteiger partial charge is 0.243 e. The third kappa shape index (κ3) is 3.15. The zero-order chi connectivity index (χ0) is 17.1. The van der Waals surface area contributed by atoms with Crippen LogP contribution in [0.4, 0.5) is 10.1 Å². The van der Waals surface area contributed by atoms with Gasteiger partial charge in [0, 0.05) is 25.1 Å². The molecule has 0 fully saturated rings. The largest absolute Gasteiger partial charge is 0.350 e. The van der Waals surface area contributed by atoms with Crippen LogP contribution >= 0.6 is 0 Å². The normalized spacial score (nSPS) is 15.9. The summed E-state index contributed by atoms with van der Waals surface area (Å²) in [5.74, 6) is -0.574. The molecule has 1 aliphatic heterocycles. The average molecular weight is 326 g/mol. The van der Waals surface area contributed by atoms with E-state index in [0.29, 0.717) is 19.4 Å². The van der Waals surface area contributed by atoms with Gasteiger partial charge < -0.3 is 5.32 Å². The Labute approximate surface area is 140 Å². The van der Waals surface area contributed by atoms with E-state index in [1.165, 1.54) is 12.1 Å². The molecule has 0 saturated heterocycles. The standard InChI is InChI=1S/C19H19FN2O2/c1-2-18(23)22-16-6-4-3-5-14(16)11-17(22)19(24)21-12-13-7-9-15(20)10-8-13/h3-10,17H,2,11-12H2,1H3,(H,21,24). The number of para-hydroxylation sites is 1. The van der Waals surface area contributed by atoms with Gasteiger partial charge in [-0.3, -0.25) is 14.5 Å². The first kappa shape index (κ1) is 16.2. The summed E-state index contributed by atoms with van der Waals surface area (Å²) in [5, 5.41) is 2.85. The number of hydrogen-bond donors (Lipinski definition) is 1. The van der Waals surface area contributed by atoms with E-state index in [1.54, 1.807) is 24.0 Å². The number of carbonyl (C=O) groups excluding carboxylic acids is 2. The van der Waals surface area contributed by atoms with Crippen LogP contribution in [-0.2, 0) is 22.6 Å². The highest BCUT2D eigenvalue weighted by atomic mass is 19.1. The summed E-state index contributed by atoms with van der Waals surface area (Å²) in [6.45, 7) is 2.09. The predicted molar refractivity (Wildman–Crippen MR) is 90.0 cm³/mol. The van der Waals surface area contributed by atoms with Crippen LogP contribution in [0.2, 0.25) is 0 Å². The molecule has 1 aliphatic rings. The van der Waals surface area contributed by atoms with Crippen molar-refractivity contribution in [3.63, 3.8) is 0 Å². The third-order valence-corrected chi connectivity index (χ3v) is 4.23. The Morgan fingerprint density at radius 3 is 2.58 bits per heavy atom. The van der Waals surface area contributed by atoms with Crippen LogP contribution in [0.15, 0.2) is 48.5 Å². The minimum atomic E-state index is -0.532. The fourth-order valence-electron chi connectivity index (χ4n) is 2.98. The molecular weight excluding hydrogens is 307 g/mol. The molecule has 2 amide bonds. The van der Waals surface area contributed by atoms with Crippen molar-refractivity contribution >= 4 is 17.5 Å². The van der Waals surface area contributed by atoms with Crippen molar-refractivity contribution in [1.82, 2.24) is 5.32 Å². The number of benzene rings is 2. The van der Waals surface area contributed by atoms with Crippen LogP contribution in [0, 0.1) is 5.82 Å². The topological polar surface area (TPSA) is 49.4 Å². The van der Waals surface area contributed by atoms with Gasteiger partial charge >= 0.3 is 0 Å². The molecule has 2 aromatic carbocycles. The van der Waals surface area contributed by atoms with E-state index in [1.807, 2.05) is 24.3 Å². The van der Waals surface area contributed by atoms with E-state index in [4.69, 9.17) is 0 Å². The molecule has 0 aromatic heterocycles. The number of nitrogens with one attached hydrogen (secondary N) is 1. The van der Waals surface area contributed by atoms with E-state index >= 15 is 0 Å². The molecule has 24 heavy (non-hydrogen) atoms. The Morgan fingerprint density at radius 1 is 1.17 bits per heavy atom. The summed E-state index contributed by atoms with van der Waals surface area (Å²) in [7, 11) is 0. The highest BCUT2D eigenvalue weighted by molar-refractivity contribution is 6.03. The van der Waals surface area contributed by atoms with E-state index in [2.05, 4.69) is 5.32 Å². The highest BCUT2D eigenvalue weighted by Gasteiger charge is 2.37. The Bertz CT molecular complexity index is 758. The third-order valence-electron chi connectivity index (χ3n) is 4.23. The van der Waals surface area contributed by atoms with Gasteiger partial charge in [0.25, 0.3) is 0 Å². The maximum atomic E-state index is 12.9. The minimum Gasteiger partial charge on any atom is -0.350 e. The second-order valence-corrected chi connectivity index (χ2v) is 5.81. The molecule has 1 unspecified atom stereocenters. The van der Waals surface area contributed by atoms with Crippen molar-refractivity contribution in [2.24, 2.45) is 0 Å². The van der Waals surface area contributed by atoms with Crippen LogP contribution < -0.4 is 10.2 Å². The fraction of sp³-hybridized carbons (Fsp3) is 0.263. The molecule has 0 radical (unpaired) electrons. The van der Waals surface area contributed by atoms with Crippen molar-refractivity contribution in [1.29, 1.82) is 0 Å². The summed E-state index contributed by atoms with van der Waals surface area (Å²) in [5.41, 5.74) is 2.63. The Hall–Kier alpha value is -2.69. The first-order valence-electron chi connectivity index (χ1n) is 8.02. The van der Waals surface area contributed by atoms with Gasteiger partial charge in [-0.1, -0.05) is 37.3 Å². The summed E-state index contributed by atoms with van der Waals surface area (Å²) in [6, 6.07) is 13.0. The highest BCUT2D eigenvalue weighted by Crippen LogP contribution is 2.32. The number of halogens is 1. The Balaban J connectivity index is 1.74. The lowest BCUT2D eigenvalue weighted by atomic mass is 10.1. The lowest BCUT2D eigenvalue weighted by molar-refractivity contribution is -0.126. The molecule has 0 spiro atoms. The first-order chi connectivity index (χ1) is 11.6. The van der Waals surface area contributed by atoms with Crippen molar-refractivity contribution in [3.8, 4) is 0 Å². The van der Waals surface area contributed by atoms with Gasteiger partial charge in [-0.05, 0) is 29.3 Å². The lowest BCUT2D eigenvalue weighted by Gasteiger charge is -2.24. The molecule has 0 saturated carbocycles. The lowest BCUT2D eigenvalue weighted by Crippen LogP contribution is -2.47. The molecule has 0 bridgehead atoms. The van der Waals surface area contributed by atoms with E-state index in [-0.39, 0.29) is 17.6 Å². The van der Waals surface area contributed by atoms with Gasteiger partial charge in [-0.25, -0.2) is 4.39 Å². The predicted octanol–water partition coefficient (Wildman–Crippen LogP) is 2.81. The van der Waals surface area contributed by atoms with Gasteiger partial charge in [0.1, 0.15) is 11.9 Å². The zero-order valence-corrected chi connectivity index (χ0v) is 13.5. The maximum Gasteiger partial charge on any atom is 0.243 e. The number of carbonyl (C=O) groups is 2. The SMILES string of the molecule is CCC(=O)N1c2ccccc2CC1C(=O)NCc1ccc(F)cc1. The van der Waals surface area contributed by atoms with E-state index in [0.717, 1.165) is 16.8 Å². The van der Waals surface area contributed by atoms with E-state index < -0.39 is 6.04 Å². The van der Waals surface area contributed by atoms with Gasteiger partial charge in [-0.15, -0.1) is 0 Å². The summed E-state index contributed by atoms with van der Waals surface area (Å²) in [4.78, 5) is 26.5. The van der Waals surface area contributed by atoms with Crippen LogP contribution in [0.25, 0.3) is 0 Å². The van der Waals surface area contributed by atoms with Crippen LogP contribution in [0.3, 0.4) is 0 Å². The molecule has 1 heterocycles. The van der Waals surface area contributed by atoms with Crippen LogP contribution in [0.1, 0.15) is 24.5 Å². The van der Waals surface area contributed by atoms with Gasteiger partial charge in [0.15, 0.2) is 0 Å². The van der Waals surface area contributed by atoms with Gasteiger partial charge in [0.05, 0.1) is 0 Å². The molecule has 4 nitrogen and oxygen atoms in total. The molecule has 3 rings (SSSR count). The summed E-state index contributed by atoms with van der Waals surface area (Å²) in [6.07, 6.45) is 0.854. The molecule has 1 atom stereocenters. The van der Waals surface area contributed by atoms with Crippen molar-refractivity contribution < 1.29 is 14.0 Å². The molecule has 1 N–H and O–H groups in total. The molecule has 5 heteroatoms. The van der Waals surface area contributed by atoms with Crippen molar-refractivity contribution in [2.75, 3.05) is 4.90 Å². The number of fused-ring (bicyclic) bond motifs is 1. The quantitative estimate of drug-likeness (QED) is 0.939.